The molecule has 1 amide bonds. The van der Waals surface area contributed by atoms with Crippen LogP contribution >= 0.6 is 22.6 Å². The molecule has 11 heteroatoms. The minimum atomic E-state index is -0.530. The van der Waals surface area contributed by atoms with Crippen molar-refractivity contribution in [2.24, 2.45) is 5.10 Å². The second-order valence-corrected chi connectivity index (χ2v) is 10.5. The highest BCUT2D eigenvalue weighted by atomic mass is 127. The summed E-state index contributed by atoms with van der Waals surface area (Å²) in [4.78, 5) is 30.5. The molecule has 2 aromatic heterocycles. The number of carbonyl (C=O) groups is 1. The maximum Gasteiger partial charge on any atom is 0.282 e. The fourth-order valence-corrected chi connectivity index (χ4v) is 5.14. The van der Waals surface area contributed by atoms with Crippen LogP contribution < -0.4 is 20.3 Å². The van der Waals surface area contributed by atoms with Crippen LogP contribution in [0.4, 0.5) is 10.1 Å². The van der Waals surface area contributed by atoms with Gasteiger partial charge in [-0.05, 0) is 88.8 Å². The van der Waals surface area contributed by atoms with Gasteiger partial charge in [-0.3, -0.25) is 9.59 Å². The molecule has 4 aromatic carbocycles. The number of rotatable bonds is 8. The molecule has 0 aliphatic rings. The number of hydrogen-bond donors (Lipinski definition) is 1. The zero-order valence-corrected chi connectivity index (χ0v) is 24.7. The second kappa shape index (κ2) is 12.1. The molecule has 0 spiro atoms. The smallest absolute Gasteiger partial charge is 0.282 e. The average molecular weight is 688 g/mol. The van der Waals surface area contributed by atoms with E-state index in [9.17, 15) is 14.0 Å². The minimum absolute atomic E-state index is 0.0805. The molecule has 0 atom stereocenters. The van der Waals surface area contributed by atoms with Crippen molar-refractivity contribution in [2.75, 3.05) is 19.0 Å². The predicted molar refractivity (Wildman–Crippen MR) is 170 cm³/mol. The van der Waals surface area contributed by atoms with Crippen LogP contribution in [-0.2, 0) is 4.79 Å². The number of methoxy groups -OCH3 is 1. The molecular formula is C32H22FIN4O5. The lowest BCUT2D eigenvalue weighted by molar-refractivity contribution is -0.118. The Labute approximate surface area is 257 Å². The Balaban J connectivity index is 1.28. The van der Waals surface area contributed by atoms with Gasteiger partial charge in [-0.1, -0.05) is 30.3 Å². The summed E-state index contributed by atoms with van der Waals surface area (Å²) < 4.78 is 32.9. The van der Waals surface area contributed by atoms with E-state index in [1.807, 2.05) is 24.3 Å². The molecule has 6 aromatic rings. The van der Waals surface area contributed by atoms with Crippen molar-refractivity contribution >= 4 is 62.3 Å². The summed E-state index contributed by atoms with van der Waals surface area (Å²) >= 11 is 2.08. The van der Waals surface area contributed by atoms with Crippen LogP contribution in [0.15, 0.2) is 105 Å². The Hall–Kier alpha value is -5.04. The number of halogens is 2. The van der Waals surface area contributed by atoms with Gasteiger partial charge >= 0.3 is 0 Å². The lowest BCUT2D eigenvalue weighted by Crippen LogP contribution is -2.21. The molecule has 0 saturated heterocycles. The molecular weight excluding hydrogens is 666 g/mol. The maximum atomic E-state index is 13.8. The first kappa shape index (κ1) is 28.1. The van der Waals surface area contributed by atoms with Crippen molar-refractivity contribution in [3.63, 3.8) is 0 Å². The van der Waals surface area contributed by atoms with Crippen molar-refractivity contribution in [2.45, 2.75) is 0 Å². The highest BCUT2D eigenvalue weighted by Crippen LogP contribution is 2.33. The Bertz CT molecular complexity index is 2090. The number of benzene rings is 4. The van der Waals surface area contributed by atoms with Crippen molar-refractivity contribution in [3.8, 4) is 23.1 Å². The Morgan fingerprint density at radius 1 is 1.02 bits per heavy atom. The van der Waals surface area contributed by atoms with Crippen LogP contribution in [0.25, 0.3) is 33.5 Å². The molecule has 214 valence electrons. The number of nitrogens with one attached hydrogen (secondary N) is 1. The van der Waals surface area contributed by atoms with E-state index in [1.54, 1.807) is 61.7 Å². The summed E-state index contributed by atoms with van der Waals surface area (Å²) in [5, 5.41) is 8.13. The van der Waals surface area contributed by atoms with Crippen LogP contribution in [0.1, 0.15) is 5.56 Å². The lowest BCUT2D eigenvalue weighted by Gasteiger charge is -2.10. The van der Waals surface area contributed by atoms with Gasteiger partial charge in [-0.15, -0.1) is 0 Å². The lowest BCUT2D eigenvalue weighted by atomic mass is 10.2. The molecule has 0 aliphatic carbocycles. The van der Waals surface area contributed by atoms with Gasteiger partial charge in [0.1, 0.15) is 22.9 Å². The zero-order valence-electron chi connectivity index (χ0n) is 22.6. The molecule has 0 aliphatic heterocycles. The third-order valence-corrected chi connectivity index (χ3v) is 7.34. The van der Waals surface area contributed by atoms with E-state index in [0.29, 0.717) is 42.9 Å². The Kier molecular flexibility index (Phi) is 7.88. The van der Waals surface area contributed by atoms with E-state index in [0.717, 1.165) is 5.39 Å². The number of nitrogens with zero attached hydrogens (tertiary/aromatic N) is 3. The van der Waals surface area contributed by atoms with Crippen LogP contribution in [0, 0.1) is 9.39 Å². The first-order chi connectivity index (χ1) is 20.9. The largest absolute Gasteiger partial charge is 0.496 e. The van der Waals surface area contributed by atoms with Crippen LogP contribution in [0.3, 0.4) is 0 Å². The van der Waals surface area contributed by atoms with Crippen LogP contribution in [0.5, 0.6) is 11.5 Å². The van der Waals surface area contributed by atoms with Gasteiger partial charge in [0, 0.05) is 0 Å². The Morgan fingerprint density at radius 2 is 1.84 bits per heavy atom. The van der Waals surface area contributed by atoms with Gasteiger partial charge in [0.15, 0.2) is 12.4 Å². The van der Waals surface area contributed by atoms with Gasteiger partial charge < -0.3 is 19.2 Å². The standard InChI is InChI=1S/C32H22FIN4O5/c1-41-26-11-6-12-27-21(26)16-29(43-27)31-37-24-9-4-2-7-20(24)32(40)38(31)35-17-19-13-14-28(23(34)15-19)42-18-30(39)36-25-10-5-3-8-22(25)33/h2-17H,18H2,1H3,(H,36,39). The van der Waals surface area contributed by atoms with E-state index in [4.69, 9.17) is 18.9 Å². The summed E-state index contributed by atoms with van der Waals surface area (Å²) in [5.74, 6) is 0.652. The molecule has 1 N–H and O–H groups in total. The van der Waals surface area contributed by atoms with Crippen molar-refractivity contribution < 1.29 is 23.1 Å². The quantitative estimate of drug-likeness (QED) is 0.145. The Morgan fingerprint density at radius 3 is 2.65 bits per heavy atom. The van der Waals surface area contributed by atoms with E-state index < -0.39 is 11.7 Å². The molecule has 6 rings (SSSR count). The highest BCUT2D eigenvalue weighted by Gasteiger charge is 2.18. The average Bonchev–Trinajstić information content (AvgIpc) is 3.46. The fraction of sp³-hybridized carbons (Fsp3) is 0.0625. The van der Waals surface area contributed by atoms with E-state index in [2.05, 4.69) is 33.0 Å². The fourth-order valence-electron chi connectivity index (χ4n) is 4.44. The third kappa shape index (κ3) is 5.84. The van der Waals surface area contributed by atoms with Gasteiger partial charge in [0.25, 0.3) is 11.5 Å². The van der Waals surface area contributed by atoms with Gasteiger partial charge in [0.05, 0.1) is 38.9 Å². The molecule has 0 saturated carbocycles. The number of fused-ring (bicyclic) bond motifs is 2. The summed E-state index contributed by atoms with van der Waals surface area (Å²) in [6, 6.07) is 25.4. The summed E-state index contributed by atoms with van der Waals surface area (Å²) in [6.45, 7) is -0.304. The third-order valence-electron chi connectivity index (χ3n) is 6.50. The van der Waals surface area contributed by atoms with Crippen molar-refractivity contribution in [3.05, 3.63) is 116 Å². The first-order valence-corrected chi connectivity index (χ1v) is 14.1. The van der Waals surface area contributed by atoms with Gasteiger partial charge in [-0.25, -0.2) is 9.37 Å². The molecule has 0 unspecified atom stereocenters. The number of para-hydroxylation sites is 2. The summed E-state index contributed by atoms with van der Waals surface area (Å²) in [7, 11) is 1.58. The molecule has 0 fully saturated rings. The highest BCUT2D eigenvalue weighted by molar-refractivity contribution is 14.1. The SMILES string of the molecule is COc1cccc2oc(-c3nc4ccccc4c(=O)n3N=Cc3ccc(OCC(=O)Nc4ccccc4F)c(I)c3)cc12. The molecule has 0 bridgehead atoms. The van der Waals surface area contributed by atoms with E-state index in [1.165, 1.54) is 23.0 Å². The predicted octanol–water partition coefficient (Wildman–Crippen LogP) is 6.46. The monoisotopic (exact) mass is 688 g/mol. The van der Waals surface area contributed by atoms with Crippen LogP contribution in [0.2, 0.25) is 0 Å². The summed E-state index contributed by atoms with van der Waals surface area (Å²) in [5.41, 5.74) is 1.48. The topological polar surface area (TPSA) is 108 Å². The normalized spacial score (nSPS) is 11.3. The minimum Gasteiger partial charge on any atom is -0.496 e. The van der Waals surface area contributed by atoms with E-state index >= 15 is 0 Å². The van der Waals surface area contributed by atoms with Gasteiger partial charge in [0.2, 0.25) is 5.82 Å². The van der Waals surface area contributed by atoms with E-state index in [-0.39, 0.29) is 23.7 Å². The molecule has 0 radical (unpaired) electrons. The molecule has 9 nitrogen and oxygen atoms in total. The number of carbonyl (C=O) groups excluding carboxylic acids is 1. The number of furan rings is 1. The zero-order chi connectivity index (χ0) is 29.9. The van der Waals surface area contributed by atoms with Gasteiger partial charge in [-0.2, -0.15) is 9.78 Å². The van der Waals surface area contributed by atoms with Crippen LogP contribution in [-0.4, -0.2) is 35.5 Å². The maximum absolute atomic E-state index is 13.8. The van der Waals surface area contributed by atoms with Crippen molar-refractivity contribution in [1.29, 1.82) is 0 Å². The second-order valence-electron chi connectivity index (χ2n) is 9.30. The number of ether oxygens (including phenoxy) is 2. The first-order valence-electron chi connectivity index (χ1n) is 13.0. The number of amides is 1. The van der Waals surface area contributed by atoms with Crippen molar-refractivity contribution in [1.82, 2.24) is 9.66 Å². The number of anilines is 1. The number of hydrogen-bond acceptors (Lipinski definition) is 7. The number of aromatic nitrogens is 2. The molecule has 2 heterocycles. The summed E-state index contributed by atoms with van der Waals surface area (Å²) in [6.07, 6.45) is 1.53. The molecule has 43 heavy (non-hydrogen) atoms.